The normalized spacial score (nSPS) is 10.3. The van der Waals surface area contributed by atoms with Crippen molar-refractivity contribution >= 4 is 17.1 Å². The number of hydrogen-bond acceptors (Lipinski definition) is 2. The molecule has 0 aromatic heterocycles. The van der Waals surface area contributed by atoms with Crippen molar-refractivity contribution in [2.24, 2.45) is 0 Å². The van der Waals surface area contributed by atoms with Crippen molar-refractivity contribution in [3.05, 3.63) is 41.7 Å². The summed E-state index contributed by atoms with van der Waals surface area (Å²) in [5, 5.41) is 1.46. The molecule has 0 fully saturated rings. The number of aldehydes is 1. The molecule has 2 rings (SSSR count). The molecule has 0 aliphatic carbocycles. The molecule has 0 saturated heterocycles. The Balaban J connectivity index is 2.80. The van der Waals surface area contributed by atoms with Gasteiger partial charge in [0.1, 0.15) is 17.9 Å². The Morgan fingerprint density at radius 1 is 1.27 bits per heavy atom. The summed E-state index contributed by atoms with van der Waals surface area (Å²) in [6.07, 6.45) is 0.741. The van der Waals surface area contributed by atoms with Gasteiger partial charge in [0.25, 0.3) is 0 Å². The van der Waals surface area contributed by atoms with Gasteiger partial charge in [0.15, 0.2) is 0 Å². The van der Waals surface area contributed by atoms with E-state index in [2.05, 4.69) is 0 Å². The van der Waals surface area contributed by atoms with Crippen LogP contribution in [0.4, 0.5) is 4.39 Å². The van der Waals surface area contributed by atoms with Gasteiger partial charge in [-0.15, -0.1) is 0 Å². The molecule has 15 heavy (non-hydrogen) atoms. The van der Waals surface area contributed by atoms with E-state index in [1.54, 1.807) is 18.2 Å². The Morgan fingerprint density at radius 2 is 2.07 bits per heavy atom. The average Bonchev–Trinajstić information content (AvgIpc) is 2.27. The lowest BCUT2D eigenvalue weighted by atomic mass is 10.1. The lowest BCUT2D eigenvalue weighted by Crippen LogP contribution is -1.89. The topological polar surface area (TPSA) is 26.3 Å². The molecule has 0 N–H and O–H groups in total. The molecular weight excluding hydrogens is 195 g/mol. The minimum absolute atomic E-state index is 0.320. The van der Waals surface area contributed by atoms with E-state index in [-0.39, 0.29) is 5.82 Å². The third kappa shape index (κ3) is 1.68. The van der Waals surface area contributed by atoms with Crippen molar-refractivity contribution in [1.82, 2.24) is 0 Å². The van der Waals surface area contributed by atoms with Crippen LogP contribution in [0.5, 0.6) is 5.75 Å². The smallest absolute Gasteiger partial charge is 0.150 e. The quantitative estimate of drug-likeness (QED) is 0.703. The van der Waals surface area contributed by atoms with Crippen LogP contribution in [0.1, 0.15) is 10.4 Å². The van der Waals surface area contributed by atoms with Crippen LogP contribution >= 0.6 is 0 Å². The summed E-state index contributed by atoms with van der Waals surface area (Å²) in [4.78, 5) is 10.7. The first-order chi connectivity index (χ1) is 7.24. The number of fused-ring (bicyclic) bond motifs is 1. The summed E-state index contributed by atoms with van der Waals surface area (Å²) >= 11 is 0. The third-order valence-corrected chi connectivity index (χ3v) is 2.26. The highest BCUT2D eigenvalue weighted by Gasteiger charge is 2.05. The molecule has 0 aliphatic heterocycles. The van der Waals surface area contributed by atoms with Crippen molar-refractivity contribution < 1.29 is 13.9 Å². The second kappa shape index (κ2) is 3.69. The maximum Gasteiger partial charge on any atom is 0.150 e. The largest absolute Gasteiger partial charge is 0.496 e. The van der Waals surface area contributed by atoms with E-state index in [9.17, 15) is 9.18 Å². The summed E-state index contributed by atoms with van der Waals surface area (Å²) in [7, 11) is 1.49. The van der Waals surface area contributed by atoms with Crippen molar-refractivity contribution in [2.75, 3.05) is 7.11 Å². The van der Waals surface area contributed by atoms with Crippen LogP contribution < -0.4 is 4.74 Å². The van der Waals surface area contributed by atoms with E-state index in [0.29, 0.717) is 16.7 Å². The maximum absolute atomic E-state index is 13.0. The van der Waals surface area contributed by atoms with Crippen LogP contribution in [0.15, 0.2) is 30.3 Å². The zero-order valence-corrected chi connectivity index (χ0v) is 8.16. The zero-order chi connectivity index (χ0) is 10.8. The summed E-state index contributed by atoms with van der Waals surface area (Å²) in [6.45, 7) is 0. The molecule has 0 saturated carbocycles. The molecule has 0 radical (unpaired) electrons. The van der Waals surface area contributed by atoms with Crippen molar-refractivity contribution in [3.63, 3.8) is 0 Å². The fourth-order valence-corrected chi connectivity index (χ4v) is 1.56. The lowest BCUT2D eigenvalue weighted by molar-refractivity contribution is 0.112. The van der Waals surface area contributed by atoms with Crippen LogP contribution in [0.3, 0.4) is 0 Å². The van der Waals surface area contributed by atoms with E-state index in [1.165, 1.54) is 19.2 Å². The minimum Gasteiger partial charge on any atom is -0.496 e. The lowest BCUT2D eigenvalue weighted by Gasteiger charge is -2.06. The van der Waals surface area contributed by atoms with Gasteiger partial charge in [-0.2, -0.15) is 0 Å². The van der Waals surface area contributed by atoms with Crippen LogP contribution in [-0.4, -0.2) is 13.4 Å². The van der Waals surface area contributed by atoms with Gasteiger partial charge in [-0.1, -0.05) is 6.07 Å². The van der Waals surface area contributed by atoms with E-state index in [0.717, 1.165) is 11.7 Å². The standard InChI is InChI=1S/C12H9FO2/c1-15-12-5-8(7-14)4-9-2-3-10(13)6-11(9)12/h2-7H,1H3. The number of carbonyl (C=O) groups is 1. The molecule has 3 heteroatoms. The number of halogens is 1. The third-order valence-electron chi connectivity index (χ3n) is 2.26. The predicted molar refractivity (Wildman–Crippen MR) is 55.8 cm³/mol. The highest BCUT2D eigenvalue weighted by atomic mass is 19.1. The first-order valence-electron chi connectivity index (χ1n) is 4.47. The summed E-state index contributed by atoms with van der Waals surface area (Å²) in [6, 6.07) is 7.67. The molecule has 76 valence electrons. The van der Waals surface area contributed by atoms with E-state index in [1.807, 2.05) is 0 Å². The van der Waals surface area contributed by atoms with Gasteiger partial charge in [0.2, 0.25) is 0 Å². The monoisotopic (exact) mass is 204 g/mol. The van der Waals surface area contributed by atoms with Crippen molar-refractivity contribution in [1.29, 1.82) is 0 Å². The fraction of sp³-hybridized carbons (Fsp3) is 0.0833. The number of carbonyl (C=O) groups excluding carboxylic acids is 1. The molecule has 0 atom stereocenters. The molecular formula is C12H9FO2. The minimum atomic E-state index is -0.320. The average molecular weight is 204 g/mol. The predicted octanol–water partition coefficient (Wildman–Crippen LogP) is 2.80. The first kappa shape index (κ1) is 9.65. The van der Waals surface area contributed by atoms with Crippen LogP contribution in [0.25, 0.3) is 10.8 Å². The Kier molecular flexibility index (Phi) is 2.37. The van der Waals surface area contributed by atoms with Crippen molar-refractivity contribution in [2.45, 2.75) is 0 Å². The van der Waals surface area contributed by atoms with Gasteiger partial charge < -0.3 is 4.74 Å². The Morgan fingerprint density at radius 3 is 2.73 bits per heavy atom. The van der Waals surface area contributed by atoms with Crippen LogP contribution in [0, 0.1) is 5.82 Å². The number of benzene rings is 2. The number of ether oxygens (including phenoxy) is 1. The summed E-state index contributed by atoms with van der Waals surface area (Å²) in [5.41, 5.74) is 0.519. The van der Waals surface area contributed by atoms with Crippen LogP contribution in [-0.2, 0) is 0 Å². The summed E-state index contributed by atoms with van der Waals surface area (Å²) in [5.74, 6) is 0.189. The molecule has 0 unspecified atom stereocenters. The molecule has 2 nitrogen and oxygen atoms in total. The molecule has 0 aliphatic rings. The Bertz CT molecular complexity index is 520. The molecule has 2 aromatic rings. The maximum atomic E-state index is 13.0. The second-order valence-electron chi connectivity index (χ2n) is 3.21. The fourth-order valence-electron chi connectivity index (χ4n) is 1.56. The van der Waals surface area contributed by atoms with E-state index in [4.69, 9.17) is 4.74 Å². The molecule has 0 amide bonds. The van der Waals surface area contributed by atoms with Gasteiger partial charge in [-0.05, 0) is 29.7 Å². The van der Waals surface area contributed by atoms with Gasteiger partial charge in [-0.3, -0.25) is 4.79 Å². The number of hydrogen-bond donors (Lipinski definition) is 0. The molecule has 0 heterocycles. The van der Waals surface area contributed by atoms with Crippen LogP contribution in [0.2, 0.25) is 0 Å². The van der Waals surface area contributed by atoms with Gasteiger partial charge in [0, 0.05) is 10.9 Å². The SMILES string of the molecule is COc1cc(C=O)cc2ccc(F)cc12. The van der Waals surface area contributed by atoms with Gasteiger partial charge >= 0.3 is 0 Å². The summed E-state index contributed by atoms with van der Waals surface area (Å²) < 4.78 is 18.1. The molecule has 2 aromatic carbocycles. The second-order valence-corrected chi connectivity index (χ2v) is 3.21. The Labute approximate surface area is 86.3 Å². The van der Waals surface area contributed by atoms with Crippen molar-refractivity contribution in [3.8, 4) is 5.75 Å². The first-order valence-corrected chi connectivity index (χ1v) is 4.47. The van der Waals surface area contributed by atoms with Gasteiger partial charge in [0.05, 0.1) is 7.11 Å². The number of methoxy groups -OCH3 is 1. The number of rotatable bonds is 2. The highest BCUT2D eigenvalue weighted by Crippen LogP contribution is 2.27. The van der Waals surface area contributed by atoms with E-state index >= 15 is 0 Å². The molecule has 0 bridgehead atoms. The Hall–Kier alpha value is -1.90. The highest BCUT2D eigenvalue weighted by molar-refractivity contribution is 5.93. The van der Waals surface area contributed by atoms with Gasteiger partial charge in [-0.25, -0.2) is 4.39 Å². The molecule has 0 spiro atoms. The van der Waals surface area contributed by atoms with E-state index < -0.39 is 0 Å². The zero-order valence-electron chi connectivity index (χ0n) is 8.16.